The third kappa shape index (κ3) is 1.93. The molecule has 5 heteroatoms. The molecule has 2 heterocycles. The first-order valence-corrected chi connectivity index (χ1v) is 6.46. The van der Waals surface area contributed by atoms with Crippen molar-refractivity contribution in [3.05, 3.63) is 16.4 Å². The monoisotopic (exact) mass is 248 g/mol. The van der Waals surface area contributed by atoms with Gasteiger partial charge in [-0.15, -0.1) is 0 Å². The Morgan fingerprint density at radius 2 is 2.00 bits per heavy atom. The molecule has 0 spiro atoms. The summed E-state index contributed by atoms with van der Waals surface area (Å²) >= 11 is 1.56. The average Bonchev–Trinajstić information content (AvgIpc) is 2.71. The number of aromatic nitrogens is 3. The standard InChI is InChI=1S/C12H16N4S/c1-7(2)10-15-16-8(6-13)9(12(3,4)5)14-11(16)17-10/h7H,1-5H3. The van der Waals surface area contributed by atoms with Gasteiger partial charge in [0.05, 0.1) is 5.69 Å². The maximum atomic E-state index is 9.27. The molecule has 0 amide bonds. The second-order valence-electron chi connectivity index (χ2n) is 5.46. The van der Waals surface area contributed by atoms with E-state index in [1.165, 1.54) is 0 Å². The van der Waals surface area contributed by atoms with Gasteiger partial charge < -0.3 is 0 Å². The molecule has 0 aliphatic rings. The molecule has 0 unspecified atom stereocenters. The number of rotatable bonds is 1. The largest absolute Gasteiger partial charge is 0.221 e. The molecular formula is C12H16N4S. The lowest BCUT2D eigenvalue weighted by Gasteiger charge is -2.14. The molecular weight excluding hydrogens is 232 g/mol. The van der Waals surface area contributed by atoms with E-state index in [1.54, 1.807) is 15.9 Å². The van der Waals surface area contributed by atoms with Crippen molar-refractivity contribution in [3.63, 3.8) is 0 Å². The van der Waals surface area contributed by atoms with Gasteiger partial charge in [-0.2, -0.15) is 14.9 Å². The molecule has 0 aromatic carbocycles. The number of hydrogen-bond acceptors (Lipinski definition) is 4. The quantitative estimate of drug-likeness (QED) is 0.779. The smallest absolute Gasteiger partial charge is 0.213 e. The van der Waals surface area contributed by atoms with Crippen molar-refractivity contribution in [1.82, 2.24) is 14.6 Å². The Morgan fingerprint density at radius 1 is 1.35 bits per heavy atom. The molecule has 90 valence electrons. The third-order valence-electron chi connectivity index (χ3n) is 2.53. The zero-order chi connectivity index (χ0) is 12.8. The minimum atomic E-state index is -0.128. The highest BCUT2D eigenvalue weighted by atomic mass is 32.1. The molecule has 2 rings (SSSR count). The summed E-state index contributed by atoms with van der Waals surface area (Å²) in [6.45, 7) is 10.4. The second-order valence-corrected chi connectivity index (χ2v) is 6.45. The van der Waals surface area contributed by atoms with Crippen LogP contribution >= 0.6 is 11.3 Å². The van der Waals surface area contributed by atoms with Crippen molar-refractivity contribution < 1.29 is 0 Å². The first-order valence-electron chi connectivity index (χ1n) is 5.64. The van der Waals surface area contributed by atoms with Crippen LogP contribution in [-0.4, -0.2) is 14.6 Å². The molecule has 0 bridgehead atoms. The molecule has 4 nitrogen and oxygen atoms in total. The second kappa shape index (κ2) is 3.81. The van der Waals surface area contributed by atoms with Crippen molar-refractivity contribution in [2.45, 2.75) is 46.0 Å². The fraction of sp³-hybridized carbons (Fsp3) is 0.583. The van der Waals surface area contributed by atoms with Crippen LogP contribution in [0.4, 0.5) is 0 Å². The predicted molar refractivity (Wildman–Crippen MR) is 68.4 cm³/mol. The summed E-state index contributed by atoms with van der Waals surface area (Å²) in [4.78, 5) is 5.37. The highest BCUT2D eigenvalue weighted by Crippen LogP contribution is 2.29. The molecule has 17 heavy (non-hydrogen) atoms. The zero-order valence-corrected chi connectivity index (χ0v) is 11.6. The Labute approximate surface area is 105 Å². The predicted octanol–water partition coefficient (Wildman–Crippen LogP) is 3.08. The van der Waals surface area contributed by atoms with Gasteiger partial charge in [0, 0.05) is 11.3 Å². The number of nitriles is 1. The molecule has 0 fully saturated rings. The van der Waals surface area contributed by atoms with Crippen molar-refractivity contribution in [1.29, 1.82) is 5.26 Å². The Bertz CT molecular complexity index is 592. The van der Waals surface area contributed by atoms with Gasteiger partial charge in [0.15, 0.2) is 5.69 Å². The van der Waals surface area contributed by atoms with Gasteiger partial charge in [0.1, 0.15) is 11.1 Å². The van der Waals surface area contributed by atoms with Gasteiger partial charge in [0.25, 0.3) is 0 Å². The van der Waals surface area contributed by atoms with E-state index in [4.69, 9.17) is 0 Å². The van der Waals surface area contributed by atoms with Crippen LogP contribution in [0.5, 0.6) is 0 Å². The van der Waals surface area contributed by atoms with Crippen LogP contribution in [0, 0.1) is 11.3 Å². The topological polar surface area (TPSA) is 54.0 Å². The average molecular weight is 248 g/mol. The van der Waals surface area contributed by atoms with Crippen molar-refractivity contribution in [2.75, 3.05) is 0 Å². The lowest BCUT2D eigenvalue weighted by molar-refractivity contribution is 0.570. The van der Waals surface area contributed by atoms with Crippen LogP contribution in [0.2, 0.25) is 0 Å². The Kier molecular flexibility index (Phi) is 2.70. The molecule has 0 N–H and O–H groups in total. The number of imidazole rings is 1. The van der Waals surface area contributed by atoms with Crippen LogP contribution in [0.1, 0.15) is 56.9 Å². The lowest BCUT2D eigenvalue weighted by Crippen LogP contribution is -2.14. The van der Waals surface area contributed by atoms with Crippen LogP contribution in [0.3, 0.4) is 0 Å². The molecule has 0 radical (unpaired) electrons. The van der Waals surface area contributed by atoms with Gasteiger partial charge in [-0.05, 0) is 0 Å². The summed E-state index contributed by atoms with van der Waals surface area (Å²) in [7, 11) is 0. The molecule has 0 aliphatic heterocycles. The summed E-state index contributed by atoms with van der Waals surface area (Å²) < 4.78 is 1.68. The molecule has 0 aliphatic carbocycles. The van der Waals surface area contributed by atoms with E-state index >= 15 is 0 Å². The Hall–Kier alpha value is -1.41. The van der Waals surface area contributed by atoms with E-state index in [-0.39, 0.29) is 5.41 Å². The first-order chi connectivity index (χ1) is 7.84. The Morgan fingerprint density at radius 3 is 2.47 bits per heavy atom. The van der Waals surface area contributed by atoms with Crippen molar-refractivity contribution in [3.8, 4) is 6.07 Å². The minimum absolute atomic E-state index is 0.128. The fourth-order valence-corrected chi connectivity index (χ4v) is 2.52. The molecule has 2 aromatic rings. The maximum absolute atomic E-state index is 9.27. The van der Waals surface area contributed by atoms with E-state index in [2.05, 4.69) is 50.8 Å². The van der Waals surface area contributed by atoms with E-state index in [0.717, 1.165) is 15.7 Å². The van der Waals surface area contributed by atoms with Gasteiger partial charge >= 0.3 is 0 Å². The zero-order valence-electron chi connectivity index (χ0n) is 10.8. The summed E-state index contributed by atoms with van der Waals surface area (Å²) in [6.07, 6.45) is 0. The summed E-state index contributed by atoms with van der Waals surface area (Å²) in [5, 5.41) is 14.8. The summed E-state index contributed by atoms with van der Waals surface area (Å²) in [6, 6.07) is 2.22. The molecule has 2 aromatic heterocycles. The van der Waals surface area contributed by atoms with Gasteiger partial charge in [-0.3, -0.25) is 0 Å². The lowest BCUT2D eigenvalue weighted by atomic mass is 9.91. The van der Waals surface area contributed by atoms with Gasteiger partial charge in [0.2, 0.25) is 4.96 Å². The van der Waals surface area contributed by atoms with Crippen LogP contribution in [0.25, 0.3) is 4.96 Å². The van der Waals surface area contributed by atoms with Crippen molar-refractivity contribution >= 4 is 16.3 Å². The van der Waals surface area contributed by atoms with Crippen LogP contribution < -0.4 is 0 Å². The van der Waals surface area contributed by atoms with E-state index in [1.807, 2.05) is 0 Å². The SMILES string of the molecule is CC(C)c1nn2c(C#N)c(C(C)(C)C)nc2s1. The van der Waals surface area contributed by atoms with Crippen LogP contribution in [0.15, 0.2) is 0 Å². The fourth-order valence-electron chi connectivity index (χ4n) is 1.62. The van der Waals surface area contributed by atoms with Crippen molar-refractivity contribution in [2.24, 2.45) is 0 Å². The third-order valence-corrected chi connectivity index (χ3v) is 3.74. The minimum Gasteiger partial charge on any atom is -0.221 e. The van der Waals surface area contributed by atoms with E-state index < -0.39 is 0 Å². The highest BCUT2D eigenvalue weighted by Gasteiger charge is 2.26. The van der Waals surface area contributed by atoms with E-state index in [0.29, 0.717) is 11.6 Å². The maximum Gasteiger partial charge on any atom is 0.213 e. The highest BCUT2D eigenvalue weighted by molar-refractivity contribution is 7.16. The Balaban J connectivity index is 2.69. The summed E-state index contributed by atoms with van der Waals surface area (Å²) in [5.74, 6) is 0.367. The number of nitrogens with zero attached hydrogens (tertiary/aromatic N) is 4. The number of hydrogen-bond donors (Lipinski definition) is 0. The normalized spacial score (nSPS) is 12.3. The summed E-state index contributed by atoms with van der Waals surface area (Å²) in [5.41, 5.74) is 1.26. The van der Waals surface area contributed by atoms with E-state index in [9.17, 15) is 5.26 Å². The van der Waals surface area contributed by atoms with Crippen LogP contribution in [-0.2, 0) is 5.41 Å². The first kappa shape index (κ1) is 12.1. The molecule has 0 atom stereocenters. The van der Waals surface area contributed by atoms with Gasteiger partial charge in [-0.1, -0.05) is 46.0 Å². The molecule has 0 saturated carbocycles. The molecule has 0 saturated heterocycles. The number of fused-ring (bicyclic) bond motifs is 1. The van der Waals surface area contributed by atoms with Gasteiger partial charge in [-0.25, -0.2) is 4.98 Å².